The zero-order valence-electron chi connectivity index (χ0n) is 14.0. The highest BCUT2D eigenvalue weighted by molar-refractivity contribution is 6.04. The lowest BCUT2D eigenvalue weighted by Gasteiger charge is -2.08. The molecule has 2 aromatic rings. The highest BCUT2D eigenvalue weighted by atomic mass is 16.5. The van der Waals surface area contributed by atoms with Crippen LogP contribution in [0.4, 0.5) is 16.2 Å². The Morgan fingerprint density at radius 2 is 1.46 bits per heavy atom. The van der Waals surface area contributed by atoms with Crippen molar-refractivity contribution in [2.75, 3.05) is 17.2 Å². The van der Waals surface area contributed by atoms with Crippen molar-refractivity contribution in [2.45, 2.75) is 26.7 Å². The topological polar surface area (TPSA) is 67.4 Å². The van der Waals surface area contributed by atoms with Gasteiger partial charge in [0.25, 0.3) is 5.91 Å². The number of carbonyl (C=O) groups is 2. The predicted octanol–water partition coefficient (Wildman–Crippen LogP) is 4.46. The summed E-state index contributed by atoms with van der Waals surface area (Å²) >= 11 is 0. The van der Waals surface area contributed by atoms with Gasteiger partial charge in [-0.05, 0) is 55.3 Å². The summed E-state index contributed by atoms with van der Waals surface area (Å²) < 4.78 is 4.80. The lowest BCUT2D eigenvalue weighted by molar-refractivity contribution is 0.102. The summed E-state index contributed by atoms with van der Waals surface area (Å²) in [5, 5.41) is 5.44. The smallest absolute Gasteiger partial charge is 0.411 e. The van der Waals surface area contributed by atoms with Crippen molar-refractivity contribution in [3.63, 3.8) is 0 Å². The van der Waals surface area contributed by atoms with Crippen LogP contribution in [0.2, 0.25) is 0 Å². The normalized spacial score (nSPS) is 10.1. The summed E-state index contributed by atoms with van der Waals surface area (Å²) in [6.07, 6.45) is 1.61. The van der Waals surface area contributed by atoms with E-state index < -0.39 is 6.09 Å². The van der Waals surface area contributed by atoms with E-state index >= 15 is 0 Å². The number of aryl methyl sites for hydroxylation is 1. The quantitative estimate of drug-likeness (QED) is 0.823. The van der Waals surface area contributed by atoms with Gasteiger partial charge in [-0.15, -0.1) is 0 Å². The molecular formula is C19H22N2O3. The first-order chi connectivity index (χ1) is 11.6. The average Bonchev–Trinajstić information content (AvgIpc) is 2.57. The Morgan fingerprint density at radius 1 is 0.875 bits per heavy atom. The molecule has 2 aromatic carbocycles. The maximum atomic E-state index is 12.2. The minimum Gasteiger partial charge on any atom is -0.450 e. The maximum absolute atomic E-state index is 12.2. The van der Waals surface area contributed by atoms with Crippen molar-refractivity contribution >= 4 is 23.4 Å². The molecule has 2 rings (SSSR count). The maximum Gasteiger partial charge on any atom is 0.411 e. The molecule has 0 aromatic heterocycles. The van der Waals surface area contributed by atoms with E-state index in [9.17, 15) is 9.59 Å². The first-order valence-corrected chi connectivity index (χ1v) is 8.06. The number of amides is 2. The molecule has 126 valence electrons. The molecule has 0 heterocycles. The minimum atomic E-state index is -0.512. The zero-order chi connectivity index (χ0) is 17.4. The van der Waals surface area contributed by atoms with Gasteiger partial charge >= 0.3 is 6.09 Å². The average molecular weight is 326 g/mol. The molecule has 0 atom stereocenters. The Bertz CT molecular complexity index is 679. The molecule has 2 N–H and O–H groups in total. The third kappa shape index (κ3) is 5.12. The Hall–Kier alpha value is -2.82. The minimum absolute atomic E-state index is 0.194. The van der Waals surface area contributed by atoms with E-state index in [1.54, 1.807) is 31.2 Å². The summed E-state index contributed by atoms with van der Waals surface area (Å²) in [5.74, 6) is -0.194. The summed E-state index contributed by atoms with van der Waals surface area (Å²) in [4.78, 5) is 23.6. The number of benzene rings is 2. The number of ether oxygens (including phenoxy) is 1. The standard InChI is InChI=1S/C19H22N2O3/c1-3-5-14-6-10-16(11-7-14)20-18(22)15-8-12-17(13-9-15)21-19(23)24-4-2/h6-13H,3-5H2,1-2H3,(H,20,22)(H,21,23). The molecule has 0 aliphatic carbocycles. The summed E-state index contributed by atoms with van der Waals surface area (Å²) in [6, 6.07) is 14.5. The summed E-state index contributed by atoms with van der Waals surface area (Å²) in [7, 11) is 0. The molecule has 0 fully saturated rings. The van der Waals surface area contributed by atoms with Gasteiger partial charge in [-0.3, -0.25) is 10.1 Å². The van der Waals surface area contributed by atoms with Crippen molar-refractivity contribution < 1.29 is 14.3 Å². The van der Waals surface area contributed by atoms with Crippen LogP contribution in [0.5, 0.6) is 0 Å². The van der Waals surface area contributed by atoms with Crippen molar-refractivity contribution in [1.82, 2.24) is 0 Å². The SMILES string of the molecule is CCCc1ccc(NC(=O)c2ccc(NC(=O)OCC)cc2)cc1. The van der Waals surface area contributed by atoms with Gasteiger partial charge in [0.15, 0.2) is 0 Å². The Labute approximate surface area is 142 Å². The van der Waals surface area contributed by atoms with Crippen LogP contribution in [0.15, 0.2) is 48.5 Å². The number of nitrogens with one attached hydrogen (secondary N) is 2. The molecule has 0 radical (unpaired) electrons. The van der Waals surface area contributed by atoms with Gasteiger partial charge in [0.05, 0.1) is 6.61 Å². The second-order valence-electron chi connectivity index (χ2n) is 5.32. The summed E-state index contributed by atoms with van der Waals surface area (Å²) in [6.45, 7) is 4.18. The lowest BCUT2D eigenvalue weighted by atomic mass is 10.1. The van der Waals surface area contributed by atoms with E-state index in [1.807, 2.05) is 24.3 Å². The highest BCUT2D eigenvalue weighted by Crippen LogP contribution is 2.14. The molecule has 24 heavy (non-hydrogen) atoms. The third-order valence-electron chi connectivity index (χ3n) is 3.42. The van der Waals surface area contributed by atoms with E-state index in [1.165, 1.54) is 5.56 Å². The van der Waals surface area contributed by atoms with Crippen molar-refractivity contribution in [1.29, 1.82) is 0 Å². The van der Waals surface area contributed by atoms with Gasteiger partial charge < -0.3 is 10.1 Å². The molecule has 0 aliphatic rings. The van der Waals surface area contributed by atoms with Gasteiger partial charge in [-0.25, -0.2) is 4.79 Å². The number of carbonyl (C=O) groups excluding carboxylic acids is 2. The van der Waals surface area contributed by atoms with E-state index in [4.69, 9.17) is 4.74 Å². The fourth-order valence-corrected chi connectivity index (χ4v) is 2.24. The number of hydrogen-bond acceptors (Lipinski definition) is 3. The number of anilines is 2. The molecule has 2 amide bonds. The Balaban J connectivity index is 1.95. The molecular weight excluding hydrogens is 304 g/mol. The number of rotatable bonds is 6. The van der Waals surface area contributed by atoms with E-state index in [0.717, 1.165) is 18.5 Å². The fraction of sp³-hybridized carbons (Fsp3) is 0.263. The van der Waals surface area contributed by atoms with Crippen molar-refractivity contribution in [3.8, 4) is 0 Å². The van der Waals surface area contributed by atoms with E-state index in [2.05, 4.69) is 17.6 Å². The monoisotopic (exact) mass is 326 g/mol. The molecule has 0 saturated heterocycles. The Kier molecular flexibility index (Phi) is 6.37. The van der Waals surface area contributed by atoms with Gasteiger partial charge in [-0.1, -0.05) is 25.5 Å². The molecule has 0 unspecified atom stereocenters. The van der Waals surface area contributed by atoms with Crippen molar-refractivity contribution in [2.24, 2.45) is 0 Å². The van der Waals surface area contributed by atoms with Crippen LogP contribution >= 0.6 is 0 Å². The van der Waals surface area contributed by atoms with Crippen LogP contribution in [0.1, 0.15) is 36.2 Å². The second kappa shape index (κ2) is 8.72. The zero-order valence-corrected chi connectivity index (χ0v) is 14.0. The van der Waals surface area contributed by atoms with E-state index in [-0.39, 0.29) is 5.91 Å². The predicted molar refractivity (Wildman–Crippen MR) is 95.5 cm³/mol. The summed E-state index contributed by atoms with van der Waals surface area (Å²) in [5.41, 5.74) is 3.11. The Morgan fingerprint density at radius 3 is 2.04 bits per heavy atom. The first-order valence-electron chi connectivity index (χ1n) is 8.06. The van der Waals surface area contributed by atoms with Crippen LogP contribution in [0.25, 0.3) is 0 Å². The van der Waals surface area contributed by atoms with E-state index in [0.29, 0.717) is 17.9 Å². The molecule has 5 heteroatoms. The van der Waals surface area contributed by atoms with Gasteiger partial charge in [0.1, 0.15) is 0 Å². The second-order valence-corrected chi connectivity index (χ2v) is 5.32. The van der Waals surface area contributed by atoms with Crippen LogP contribution in [0.3, 0.4) is 0 Å². The van der Waals surface area contributed by atoms with Crippen LogP contribution in [-0.2, 0) is 11.2 Å². The number of hydrogen-bond donors (Lipinski definition) is 2. The van der Waals surface area contributed by atoms with Crippen LogP contribution < -0.4 is 10.6 Å². The molecule has 0 aliphatic heterocycles. The molecule has 0 spiro atoms. The van der Waals surface area contributed by atoms with Gasteiger partial charge in [-0.2, -0.15) is 0 Å². The van der Waals surface area contributed by atoms with Gasteiger partial charge in [0.2, 0.25) is 0 Å². The highest BCUT2D eigenvalue weighted by Gasteiger charge is 2.07. The van der Waals surface area contributed by atoms with Crippen LogP contribution in [-0.4, -0.2) is 18.6 Å². The molecule has 5 nitrogen and oxygen atoms in total. The lowest BCUT2D eigenvalue weighted by Crippen LogP contribution is -2.14. The van der Waals surface area contributed by atoms with Crippen LogP contribution in [0, 0.1) is 0 Å². The largest absolute Gasteiger partial charge is 0.450 e. The molecule has 0 bridgehead atoms. The first kappa shape index (κ1) is 17.5. The molecule has 0 saturated carbocycles. The third-order valence-corrected chi connectivity index (χ3v) is 3.42. The fourth-order valence-electron chi connectivity index (χ4n) is 2.24. The van der Waals surface area contributed by atoms with Crippen molar-refractivity contribution in [3.05, 3.63) is 59.7 Å². The van der Waals surface area contributed by atoms with Gasteiger partial charge in [0, 0.05) is 16.9 Å².